The van der Waals surface area contributed by atoms with Gasteiger partial charge in [-0.1, -0.05) is 57.2 Å². The summed E-state index contributed by atoms with van der Waals surface area (Å²) in [5, 5.41) is 5.46. The largest absolute Gasteiger partial charge is 0.347 e. The Kier molecular flexibility index (Phi) is 8.60. The number of carbonyl (C=O) groups is 1. The average Bonchev–Trinajstić information content (AvgIpc) is 2.56. The SMILES string of the molecule is CCSC(C(=O)NC(CN)c1ccc2ccccc2c1)C(C)C.Cl. The lowest BCUT2D eigenvalue weighted by Crippen LogP contribution is -2.40. The fraction of sp³-hybridized carbons (Fsp3) is 0.421. The molecule has 2 rings (SSSR count). The van der Waals surface area contributed by atoms with Crippen molar-refractivity contribution >= 4 is 40.8 Å². The Morgan fingerprint density at radius 1 is 1.17 bits per heavy atom. The molecule has 0 aliphatic rings. The van der Waals surface area contributed by atoms with Gasteiger partial charge in [0, 0.05) is 6.54 Å². The van der Waals surface area contributed by atoms with Gasteiger partial charge < -0.3 is 11.1 Å². The lowest BCUT2D eigenvalue weighted by atomic mass is 10.0. The highest BCUT2D eigenvalue weighted by Gasteiger charge is 2.24. The number of thioether (sulfide) groups is 1. The zero-order valence-electron chi connectivity index (χ0n) is 14.5. The van der Waals surface area contributed by atoms with Gasteiger partial charge >= 0.3 is 0 Å². The second-order valence-corrected chi connectivity index (χ2v) is 7.44. The molecule has 0 bridgehead atoms. The van der Waals surface area contributed by atoms with Gasteiger partial charge in [0.2, 0.25) is 5.91 Å². The molecule has 0 heterocycles. The van der Waals surface area contributed by atoms with Crippen LogP contribution in [0.2, 0.25) is 0 Å². The van der Waals surface area contributed by atoms with E-state index in [0.29, 0.717) is 12.5 Å². The van der Waals surface area contributed by atoms with E-state index in [2.05, 4.69) is 56.4 Å². The van der Waals surface area contributed by atoms with Crippen molar-refractivity contribution in [1.29, 1.82) is 0 Å². The van der Waals surface area contributed by atoms with Crippen LogP contribution in [0.25, 0.3) is 10.8 Å². The van der Waals surface area contributed by atoms with Crippen molar-refractivity contribution in [2.24, 2.45) is 11.7 Å². The molecule has 2 aromatic rings. The summed E-state index contributed by atoms with van der Waals surface area (Å²) in [6, 6.07) is 14.3. The minimum absolute atomic E-state index is 0. The van der Waals surface area contributed by atoms with E-state index in [4.69, 9.17) is 5.73 Å². The molecule has 24 heavy (non-hydrogen) atoms. The number of hydrogen-bond acceptors (Lipinski definition) is 3. The number of benzene rings is 2. The van der Waals surface area contributed by atoms with Crippen molar-refractivity contribution in [2.45, 2.75) is 32.1 Å². The second kappa shape index (κ2) is 9.92. The van der Waals surface area contributed by atoms with Crippen LogP contribution in [0.5, 0.6) is 0 Å². The first-order chi connectivity index (χ1) is 11.1. The Morgan fingerprint density at radius 2 is 1.83 bits per heavy atom. The summed E-state index contributed by atoms with van der Waals surface area (Å²) in [4.78, 5) is 12.6. The van der Waals surface area contributed by atoms with Gasteiger partial charge in [-0.05, 0) is 34.1 Å². The van der Waals surface area contributed by atoms with Gasteiger partial charge in [0.25, 0.3) is 0 Å². The zero-order valence-corrected chi connectivity index (χ0v) is 16.1. The minimum Gasteiger partial charge on any atom is -0.347 e. The van der Waals surface area contributed by atoms with Crippen LogP contribution < -0.4 is 11.1 Å². The van der Waals surface area contributed by atoms with Gasteiger partial charge in [0.05, 0.1) is 11.3 Å². The molecule has 0 aromatic heterocycles. The van der Waals surface area contributed by atoms with E-state index in [1.807, 2.05) is 12.1 Å². The van der Waals surface area contributed by atoms with Crippen LogP contribution in [0.3, 0.4) is 0 Å². The number of amides is 1. The van der Waals surface area contributed by atoms with E-state index >= 15 is 0 Å². The van der Waals surface area contributed by atoms with E-state index < -0.39 is 0 Å². The molecule has 0 saturated heterocycles. The Bertz CT molecular complexity index is 663. The normalized spacial score (nSPS) is 13.4. The van der Waals surface area contributed by atoms with Crippen molar-refractivity contribution < 1.29 is 4.79 Å². The predicted molar refractivity (Wildman–Crippen MR) is 108 cm³/mol. The van der Waals surface area contributed by atoms with E-state index in [1.54, 1.807) is 11.8 Å². The molecule has 0 radical (unpaired) electrons. The molecule has 2 aromatic carbocycles. The van der Waals surface area contributed by atoms with E-state index in [1.165, 1.54) is 10.8 Å². The topological polar surface area (TPSA) is 55.1 Å². The first-order valence-corrected chi connectivity index (χ1v) is 9.22. The third kappa shape index (κ3) is 5.13. The smallest absolute Gasteiger partial charge is 0.233 e. The molecule has 0 spiro atoms. The molecule has 5 heteroatoms. The predicted octanol–water partition coefficient (Wildman–Crippen LogP) is 4.16. The van der Waals surface area contributed by atoms with Crippen LogP contribution in [0, 0.1) is 5.92 Å². The second-order valence-electron chi connectivity index (χ2n) is 6.02. The van der Waals surface area contributed by atoms with Crippen molar-refractivity contribution in [1.82, 2.24) is 5.32 Å². The monoisotopic (exact) mass is 366 g/mol. The van der Waals surface area contributed by atoms with Crippen LogP contribution in [0.15, 0.2) is 42.5 Å². The van der Waals surface area contributed by atoms with Gasteiger partial charge in [0.15, 0.2) is 0 Å². The number of fused-ring (bicyclic) bond motifs is 1. The highest BCUT2D eigenvalue weighted by Crippen LogP contribution is 2.23. The Morgan fingerprint density at radius 3 is 2.42 bits per heavy atom. The highest BCUT2D eigenvalue weighted by atomic mass is 35.5. The standard InChI is InChI=1S/C19H26N2OS.ClH/c1-4-23-18(13(2)3)19(22)21-17(12-20)16-10-9-14-7-5-6-8-15(14)11-16;/h5-11,13,17-18H,4,12,20H2,1-3H3,(H,21,22);1H. The zero-order chi connectivity index (χ0) is 16.8. The minimum atomic E-state index is -0.147. The number of nitrogens with two attached hydrogens (primary N) is 1. The van der Waals surface area contributed by atoms with Crippen LogP contribution in [-0.4, -0.2) is 23.5 Å². The molecule has 3 N–H and O–H groups in total. The highest BCUT2D eigenvalue weighted by molar-refractivity contribution is 8.00. The summed E-state index contributed by atoms with van der Waals surface area (Å²) < 4.78 is 0. The summed E-state index contributed by atoms with van der Waals surface area (Å²) in [6.07, 6.45) is 0. The molecule has 0 saturated carbocycles. The molecule has 0 fully saturated rings. The molecule has 2 atom stereocenters. The molecule has 1 amide bonds. The third-order valence-corrected chi connectivity index (χ3v) is 5.39. The van der Waals surface area contributed by atoms with Crippen molar-refractivity contribution in [3.8, 4) is 0 Å². The maximum atomic E-state index is 12.6. The summed E-state index contributed by atoms with van der Waals surface area (Å²) in [6.45, 7) is 6.64. The van der Waals surface area contributed by atoms with E-state index in [0.717, 1.165) is 11.3 Å². The van der Waals surface area contributed by atoms with Crippen LogP contribution in [0.4, 0.5) is 0 Å². The maximum absolute atomic E-state index is 12.6. The van der Waals surface area contributed by atoms with Gasteiger partial charge in [-0.3, -0.25) is 4.79 Å². The van der Waals surface area contributed by atoms with E-state index in [-0.39, 0.29) is 29.6 Å². The number of halogens is 1. The summed E-state index contributed by atoms with van der Waals surface area (Å²) in [5.74, 6) is 1.31. The van der Waals surface area contributed by atoms with Gasteiger partial charge in [-0.2, -0.15) is 0 Å². The quantitative estimate of drug-likeness (QED) is 0.773. The van der Waals surface area contributed by atoms with Crippen LogP contribution in [-0.2, 0) is 4.79 Å². The van der Waals surface area contributed by atoms with Crippen molar-refractivity contribution in [3.05, 3.63) is 48.0 Å². The van der Waals surface area contributed by atoms with Crippen LogP contribution >= 0.6 is 24.2 Å². The number of rotatable bonds is 7. The van der Waals surface area contributed by atoms with Crippen molar-refractivity contribution in [2.75, 3.05) is 12.3 Å². The molecular formula is C19H27ClN2OS. The number of nitrogens with one attached hydrogen (secondary N) is 1. The molecule has 0 aliphatic carbocycles. The lowest BCUT2D eigenvalue weighted by molar-refractivity contribution is -0.121. The first-order valence-electron chi connectivity index (χ1n) is 8.17. The third-order valence-electron chi connectivity index (χ3n) is 3.94. The summed E-state index contributed by atoms with van der Waals surface area (Å²) in [5.41, 5.74) is 6.98. The molecule has 2 unspecified atom stereocenters. The molecule has 132 valence electrons. The van der Waals surface area contributed by atoms with Gasteiger partial charge in [0.1, 0.15) is 0 Å². The van der Waals surface area contributed by atoms with Gasteiger partial charge in [-0.15, -0.1) is 24.2 Å². The maximum Gasteiger partial charge on any atom is 0.233 e. The fourth-order valence-electron chi connectivity index (χ4n) is 2.71. The Balaban J connectivity index is 0.00000288. The van der Waals surface area contributed by atoms with Gasteiger partial charge in [-0.25, -0.2) is 0 Å². The van der Waals surface area contributed by atoms with E-state index in [9.17, 15) is 4.79 Å². The molecule has 3 nitrogen and oxygen atoms in total. The van der Waals surface area contributed by atoms with Crippen molar-refractivity contribution in [3.63, 3.8) is 0 Å². The molecular weight excluding hydrogens is 340 g/mol. The van der Waals surface area contributed by atoms with Crippen LogP contribution in [0.1, 0.15) is 32.4 Å². The Hall–Kier alpha value is -1.23. The number of hydrogen-bond donors (Lipinski definition) is 2. The fourth-order valence-corrected chi connectivity index (χ4v) is 3.67. The lowest BCUT2D eigenvalue weighted by Gasteiger charge is -2.24. The summed E-state index contributed by atoms with van der Waals surface area (Å²) >= 11 is 1.69. The molecule has 0 aliphatic heterocycles. The average molecular weight is 367 g/mol. The first kappa shape index (κ1) is 20.8. The number of carbonyl (C=O) groups excluding carboxylic acids is 1. The Labute approximate surface area is 155 Å². The summed E-state index contributed by atoms with van der Waals surface area (Å²) in [7, 11) is 0.